The molecule has 6 nitrogen and oxygen atoms in total. The van der Waals surface area contributed by atoms with Crippen LogP contribution in [0.4, 0.5) is 10.8 Å². The Bertz CT molecular complexity index is 667. The first kappa shape index (κ1) is 17.6. The minimum atomic E-state index is -0.224. The molecule has 1 aromatic carbocycles. The molecule has 8 heteroatoms. The van der Waals surface area contributed by atoms with E-state index in [2.05, 4.69) is 20.8 Å². The summed E-state index contributed by atoms with van der Waals surface area (Å²) in [4.78, 5) is 11.8. The number of nitrogens with zero attached hydrogens (tertiary/aromatic N) is 2. The average Bonchev–Trinajstić information content (AvgIpc) is 2.91. The maximum absolute atomic E-state index is 11.8. The van der Waals surface area contributed by atoms with E-state index in [0.29, 0.717) is 10.9 Å². The average molecular weight is 352 g/mol. The van der Waals surface area contributed by atoms with Gasteiger partial charge in [0.05, 0.1) is 12.9 Å². The second-order valence-electron chi connectivity index (χ2n) is 5.82. The van der Waals surface area contributed by atoms with Gasteiger partial charge in [-0.1, -0.05) is 29.2 Å². The normalized spacial score (nSPS) is 11.1. The van der Waals surface area contributed by atoms with Crippen molar-refractivity contribution in [2.24, 2.45) is 0 Å². The molecule has 0 atom stereocenters. The molecule has 124 valence electrons. The van der Waals surface area contributed by atoms with E-state index in [1.54, 1.807) is 7.11 Å². The highest BCUT2D eigenvalue weighted by Crippen LogP contribution is 2.28. The molecule has 1 aromatic heterocycles. The molecule has 0 aliphatic carbocycles. The van der Waals surface area contributed by atoms with Gasteiger partial charge in [0.15, 0.2) is 4.34 Å². The van der Waals surface area contributed by atoms with Crippen molar-refractivity contribution in [3.8, 4) is 5.75 Å². The fourth-order valence-electron chi connectivity index (χ4n) is 1.72. The maximum Gasteiger partial charge on any atom is 0.230 e. The molecule has 1 heterocycles. The summed E-state index contributed by atoms with van der Waals surface area (Å²) >= 11 is 2.79. The van der Waals surface area contributed by atoms with Gasteiger partial charge in [-0.3, -0.25) is 4.79 Å². The fraction of sp³-hybridized carbons (Fsp3) is 0.400. The lowest BCUT2D eigenvalue weighted by Crippen LogP contribution is -2.41. The smallest absolute Gasteiger partial charge is 0.230 e. The molecule has 23 heavy (non-hydrogen) atoms. The minimum Gasteiger partial charge on any atom is -0.497 e. The third-order valence-corrected chi connectivity index (χ3v) is 4.54. The van der Waals surface area contributed by atoms with E-state index in [1.165, 1.54) is 23.1 Å². The van der Waals surface area contributed by atoms with E-state index in [-0.39, 0.29) is 11.4 Å². The number of hydrogen-bond donors (Lipinski definition) is 2. The Kier molecular flexibility index (Phi) is 5.84. The van der Waals surface area contributed by atoms with Gasteiger partial charge >= 0.3 is 0 Å². The molecule has 2 rings (SSSR count). The molecule has 0 radical (unpaired) electrons. The van der Waals surface area contributed by atoms with E-state index in [1.807, 2.05) is 45.0 Å². The maximum atomic E-state index is 11.8. The lowest BCUT2D eigenvalue weighted by Gasteiger charge is -2.19. The molecule has 0 saturated carbocycles. The first-order valence-electron chi connectivity index (χ1n) is 7.04. The Balaban J connectivity index is 1.89. The van der Waals surface area contributed by atoms with Crippen LogP contribution in [0, 0.1) is 0 Å². The van der Waals surface area contributed by atoms with Crippen LogP contribution in [-0.4, -0.2) is 34.5 Å². The number of benzene rings is 1. The number of amides is 1. The third kappa shape index (κ3) is 6.07. The van der Waals surface area contributed by atoms with Crippen LogP contribution in [0.15, 0.2) is 28.6 Å². The number of nitrogens with one attached hydrogen (secondary N) is 2. The van der Waals surface area contributed by atoms with Crippen molar-refractivity contribution < 1.29 is 9.53 Å². The molecule has 0 spiro atoms. The molecule has 2 aromatic rings. The van der Waals surface area contributed by atoms with E-state index >= 15 is 0 Å². The van der Waals surface area contributed by atoms with E-state index in [9.17, 15) is 4.79 Å². The topological polar surface area (TPSA) is 76.1 Å². The van der Waals surface area contributed by atoms with Crippen LogP contribution in [0.2, 0.25) is 0 Å². The van der Waals surface area contributed by atoms with Gasteiger partial charge in [-0.15, -0.1) is 10.2 Å². The Morgan fingerprint density at radius 1 is 1.35 bits per heavy atom. The predicted molar refractivity (Wildman–Crippen MR) is 94.8 cm³/mol. The van der Waals surface area contributed by atoms with Crippen molar-refractivity contribution >= 4 is 39.8 Å². The summed E-state index contributed by atoms with van der Waals surface area (Å²) in [5, 5.41) is 14.9. The van der Waals surface area contributed by atoms with Crippen molar-refractivity contribution in [2.75, 3.05) is 18.2 Å². The first-order chi connectivity index (χ1) is 10.9. The Morgan fingerprint density at radius 2 is 2.13 bits per heavy atom. The lowest BCUT2D eigenvalue weighted by molar-refractivity contribution is -0.119. The van der Waals surface area contributed by atoms with Gasteiger partial charge < -0.3 is 15.4 Å². The Morgan fingerprint density at radius 3 is 2.83 bits per heavy atom. The highest BCUT2D eigenvalue weighted by Gasteiger charge is 2.15. The van der Waals surface area contributed by atoms with Gasteiger partial charge in [-0.25, -0.2) is 0 Å². The van der Waals surface area contributed by atoms with Crippen LogP contribution < -0.4 is 15.4 Å². The Hall–Kier alpha value is -1.80. The molecule has 0 bridgehead atoms. The van der Waals surface area contributed by atoms with Gasteiger partial charge in [-0.2, -0.15) is 0 Å². The zero-order valence-electron chi connectivity index (χ0n) is 13.5. The molecule has 1 amide bonds. The van der Waals surface area contributed by atoms with Crippen molar-refractivity contribution in [3.63, 3.8) is 0 Å². The van der Waals surface area contributed by atoms with Gasteiger partial charge in [0.25, 0.3) is 0 Å². The largest absolute Gasteiger partial charge is 0.497 e. The van der Waals surface area contributed by atoms with Crippen LogP contribution in [0.3, 0.4) is 0 Å². The first-order valence-corrected chi connectivity index (χ1v) is 8.84. The van der Waals surface area contributed by atoms with Crippen molar-refractivity contribution in [1.29, 1.82) is 0 Å². The molecule has 0 saturated heterocycles. The van der Waals surface area contributed by atoms with Gasteiger partial charge in [0.1, 0.15) is 5.75 Å². The van der Waals surface area contributed by atoms with Gasteiger partial charge in [0.2, 0.25) is 11.0 Å². The summed E-state index contributed by atoms with van der Waals surface area (Å²) < 4.78 is 5.93. The van der Waals surface area contributed by atoms with Gasteiger partial charge in [-0.05, 0) is 32.9 Å². The summed E-state index contributed by atoms with van der Waals surface area (Å²) in [6, 6.07) is 7.58. The number of ether oxygens (including phenoxy) is 1. The second-order valence-corrected chi connectivity index (χ2v) is 8.02. The number of hydrogen-bond acceptors (Lipinski definition) is 7. The molecule has 0 aliphatic heterocycles. The molecule has 2 N–H and O–H groups in total. The number of carbonyl (C=O) groups excluding carboxylic acids is 1. The fourth-order valence-corrected chi connectivity index (χ4v) is 3.30. The number of carbonyl (C=O) groups is 1. The highest BCUT2D eigenvalue weighted by molar-refractivity contribution is 8.01. The third-order valence-electron chi connectivity index (χ3n) is 2.57. The standard InChI is InChI=1S/C15H20N4O2S2/c1-15(2,3)17-12(20)9-22-14-19-18-13(23-14)16-10-6-5-7-11(8-10)21-4/h5-8H,9H2,1-4H3,(H,16,18)(H,17,20). The van der Waals surface area contributed by atoms with E-state index < -0.39 is 0 Å². The minimum absolute atomic E-state index is 0.0139. The number of anilines is 2. The number of aromatic nitrogens is 2. The van der Waals surface area contributed by atoms with Crippen LogP contribution in [0.5, 0.6) is 5.75 Å². The molecule has 0 fully saturated rings. The predicted octanol–water partition coefficient (Wildman–Crippen LogP) is 3.30. The monoisotopic (exact) mass is 352 g/mol. The summed E-state index contributed by atoms with van der Waals surface area (Å²) in [7, 11) is 1.63. The zero-order valence-corrected chi connectivity index (χ0v) is 15.2. The van der Waals surface area contributed by atoms with Crippen molar-refractivity contribution in [3.05, 3.63) is 24.3 Å². The molecular formula is C15H20N4O2S2. The summed E-state index contributed by atoms with van der Waals surface area (Å²) in [5.41, 5.74) is 0.653. The van der Waals surface area contributed by atoms with E-state index in [0.717, 1.165) is 15.8 Å². The number of rotatable bonds is 6. The SMILES string of the molecule is COc1cccc(Nc2nnc(SCC(=O)NC(C)(C)C)s2)c1. The summed E-state index contributed by atoms with van der Waals surface area (Å²) in [5.74, 6) is 1.08. The summed E-state index contributed by atoms with van der Waals surface area (Å²) in [6.07, 6.45) is 0. The van der Waals surface area contributed by atoms with Crippen molar-refractivity contribution in [1.82, 2.24) is 15.5 Å². The van der Waals surface area contributed by atoms with Crippen LogP contribution in [0.1, 0.15) is 20.8 Å². The van der Waals surface area contributed by atoms with Crippen LogP contribution in [0.25, 0.3) is 0 Å². The summed E-state index contributed by atoms with van der Waals surface area (Å²) in [6.45, 7) is 5.87. The van der Waals surface area contributed by atoms with E-state index in [4.69, 9.17) is 4.74 Å². The van der Waals surface area contributed by atoms with Crippen LogP contribution in [-0.2, 0) is 4.79 Å². The second kappa shape index (κ2) is 7.65. The zero-order chi connectivity index (χ0) is 16.9. The Labute approximate surface area is 144 Å². The molecule has 0 aliphatic rings. The number of thioether (sulfide) groups is 1. The highest BCUT2D eigenvalue weighted by atomic mass is 32.2. The van der Waals surface area contributed by atoms with Gasteiger partial charge in [0, 0.05) is 17.3 Å². The lowest BCUT2D eigenvalue weighted by atomic mass is 10.1. The number of methoxy groups -OCH3 is 1. The van der Waals surface area contributed by atoms with Crippen molar-refractivity contribution in [2.45, 2.75) is 30.6 Å². The van der Waals surface area contributed by atoms with Crippen LogP contribution >= 0.6 is 23.1 Å². The quantitative estimate of drug-likeness (QED) is 0.777. The molecule has 0 unspecified atom stereocenters. The molecular weight excluding hydrogens is 332 g/mol.